The zero-order chi connectivity index (χ0) is 13.7. The van der Waals surface area contributed by atoms with E-state index in [2.05, 4.69) is 15.0 Å². The van der Waals surface area contributed by atoms with Crippen molar-refractivity contribution < 1.29 is 17.9 Å². The highest BCUT2D eigenvalue weighted by Crippen LogP contribution is 2.23. The van der Waals surface area contributed by atoms with E-state index in [4.69, 9.17) is 0 Å². The number of anilines is 1. The van der Waals surface area contributed by atoms with Crippen LogP contribution in [0, 0.1) is 0 Å². The van der Waals surface area contributed by atoms with Gasteiger partial charge in [-0.05, 0) is 29.8 Å². The van der Waals surface area contributed by atoms with E-state index in [1.165, 1.54) is 18.2 Å². The highest BCUT2D eigenvalue weighted by Gasteiger charge is 2.31. The second-order valence-corrected chi connectivity index (χ2v) is 3.78. The molecule has 0 bridgehead atoms. The van der Waals surface area contributed by atoms with Gasteiger partial charge in [-0.15, -0.1) is 13.2 Å². The summed E-state index contributed by atoms with van der Waals surface area (Å²) in [5, 5.41) is 3.07. The van der Waals surface area contributed by atoms with E-state index >= 15 is 0 Å². The molecule has 0 saturated carbocycles. The number of halogens is 3. The maximum absolute atomic E-state index is 12.1. The van der Waals surface area contributed by atoms with Crippen LogP contribution < -0.4 is 10.1 Å². The summed E-state index contributed by atoms with van der Waals surface area (Å²) in [7, 11) is 0. The molecule has 1 heterocycles. The third kappa shape index (κ3) is 4.50. The van der Waals surface area contributed by atoms with Crippen LogP contribution in [-0.2, 0) is 6.54 Å². The molecule has 100 valence electrons. The lowest BCUT2D eigenvalue weighted by Crippen LogP contribution is -2.17. The van der Waals surface area contributed by atoms with E-state index in [9.17, 15) is 13.2 Å². The van der Waals surface area contributed by atoms with Gasteiger partial charge in [-0.2, -0.15) is 0 Å². The molecule has 19 heavy (non-hydrogen) atoms. The Hall–Kier alpha value is -2.24. The lowest BCUT2D eigenvalue weighted by atomic mass is 10.2. The Morgan fingerprint density at radius 2 is 1.84 bits per heavy atom. The molecular formula is C13H11F3N2O. The van der Waals surface area contributed by atoms with Crippen LogP contribution in [-0.4, -0.2) is 11.3 Å². The first kappa shape index (κ1) is 13.2. The monoisotopic (exact) mass is 268 g/mol. The van der Waals surface area contributed by atoms with Gasteiger partial charge in [-0.1, -0.05) is 12.1 Å². The summed E-state index contributed by atoms with van der Waals surface area (Å²) in [5.41, 5.74) is 1.54. The summed E-state index contributed by atoms with van der Waals surface area (Å²) in [5.74, 6) is -0.221. The van der Waals surface area contributed by atoms with Crippen molar-refractivity contribution >= 4 is 5.69 Å². The summed E-state index contributed by atoms with van der Waals surface area (Å²) in [6.07, 6.45) is -1.41. The number of hydrogen-bond donors (Lipinski definition) is 1. The maximum Gasteiger partial charge on any atom is 0.573 e. The van der Waals surface area contributed by atoms with Crippen molar-refractivity contribution in [2.45, 2.75) is 12.9 Å². The van der Waals surface area contributed by atoms with E-state index in [1.807, 2.05) is 0 Å². The quantitative estimate of drug-likeness (QED) is 0.920. The molecule has 0 aliphatic rings. The molecule has 0 aliphatic heterocycles. The molecule has 1 aromatic heterocycles. The van der Waals surface area contributed by atoms with Gasteiger partial charge in [0.15, 0.2) is 0 Å². The second-order valence-electron chi connectivity index (χ2n) is 3.78. The number of alkyl halides is 3. The Balaban J connectivity index is 1.99. The summed E-state index contributed by atoms with van der Waals surface area (Å²) >= 11 is 0. The van der Waals surface area contributed by atoms with Gasteiger partial charge in [0.05, 0.1) is 0 Å². The van der Waals surface area contributed by atoms with Crippen LogP contribution in [0.1, 0.15) is 5.56 Å². The Labute approximate surface area is 108 Å². The smallest absolute Gasteiger partial charge is 0.406 e. The highest BCUT2D eigenvalue weighted by molar-refractivity contribution is 5.42. The normalized spacial score (nSPS) is 11.1. The van der Waals surface area contributed by atoms with Gasteiger partial charge in [-0.3, -0.25) is 4.98 Å². The van der Waals surface area contributed by atoms with Crippen LogP contribution in [0.3, 0.4) is 0 Å². The molecule has 0 fully saturated rings. The number of rotatable bonds is 4. The fraction of sp³-hybridized carbons (Fsp3) is 0.154. The molecule has 1 N–H and O–H groups in total. The predicted molar refractivity (Wildman–Crippen MR) is 64.7 cm³/mol. The average molecular weight is 268 g/mol. The number of pyridine rings is 1. The molecule has 1 aromatic carbocycles. The number of nitrogens with zero attached hydrogens (tertiary/aromatic N) is 1. The van der Waals surface area contributed by atoms with Crippen LogP contribution in [0.4, 0.5) is 18.9 Å². The van der Waals surface area contributed by atoms with Gasteiger partial charge in [0, 0.05) is 24.6 Å². The van der Waals surface area contributed by atoms with Crippen molar-refractivity contribution in [3.05, 3.63) is 54.4 Å². The van der Waals surface area contributed by atoms with Crippen molar-refractivity contribution in [3.63, 3.8) is 0 Å². The van der Waals surface area contributed by atoms with Crippen LogP contribution in [0.5, 0.6) is 5.75 Å². The molecule has 0 spiro atoms. The zero-order valence-corrected chi connectivity index (χ0v) is 9.82. The molecule has 3 nitrogen and oxygen atoms in total. The van der Waals surface area contributed by atoms with Gasteiger partial charge in [-0.25, -0.2) is 0 Å². The minimum Gasteiger partial charge on any atom is -0.406 e. The van der Waals surface area contributed by atoms with Gasteiger partial charge in [0.2, 0.25) is 0 Å². The molecule has 2 aromatic rings. The summed E-state index contributed by atoms with van der Waals surface area (Å²) in [6, 6.07) is 9.40. The first-order valence-corrected chi connectivity index (χ1v) is 5.51. The topological polar surface area (TPSA) is 34.1 Å². The third-order valence-electron chi connectivity index (χ3n) is 2.31. The van der Waals surface area contributed by atoms with Crippen molar-refractivity contribution in [3.8, 4) is 5.75 Å². The number of nitrogens with one attached hydrogen (secondary N) is 1. The molecular weight excluding hydrogens is 257 g/mol. The molecule has 0 saturated heterocycles. The minimum absolute atomic E-state index is 0.221. The van der Waals surface area contributed by atoms with E-state index in [0.717, 1.165) is 5.69 Å². The average Bonchev–Trinajstić information content (AvgIpc) is 2.36. The van der Waals surface area contributed by atoms with E-state index < -0.39 is 6.36 Å². The summed E-state index contributed by atoms with van der Waals surface area (Å²) in [6.45, 7) is 0.402. The molecule has 0 atom stereocenters. The van der Waals surface area contributed by atoms with Gasteiger partial charge in [0.1, 0.15) is 5.75 Å². The zero-order valence-electron chi connectivity index (χ0n) is 9.82. The fourth-order valence-corrected chi connectivity index (χ4v) is 1.53. The predicted octanol–water partition coefficient (Wildman–Crippen LogP) is 3.59. The SMILES string of the molecule is FC(F)(F)Oc1cccc(CNc2ccncc2)c1. The standard InChI is InChI=1S/C13H11F3N2O/c14-13(15,16)19-12-3-1-2-10(8-12)9-18-11-4-6-17-7-5-11/h1-8H,9H2,(H,17,18). The molecule has 0 unspecified atom stereocenters. The first-order chi connectivity index (χ1) is 9.03. The van der Waals surface area contributed by atoms with Gasteiger partial charge in [0.25, 0.3) is 0 Å². The Morgan fingerprint density at radius 3 is 2.53 bits per heavy atom. The molecule has 0 radical (unpaired) electrons. The maximum atomic E-state index is 12.1. The van der Waals surface area contributed by atoms with Crippen LogP contribution in [0.25, 0.3) is 0 Å². The molecule has 0 aliphatic carbocycles. The Morgan fingerprint density at radius 1 is 1.11 bits per heavy atom. The van der Waals surface area contributed by atoms with E-state index in [0.29, 0.717) is 12.1 Å². The molecule has 0 amide bonds. The fourth-order valence-electron chi connectivity index (χ4n) is 1.53. The largest absolute Gasteiger partial charge is 0.573 e. The Bertz CT molecular complexity index is 529. The lowest BCUT2D eigenvalue weighted by Gasteiger charge is -2.11. The summed E-state index contributed by atoms with van der Waals surface area (Å²) in [4.78, 5) is 3.87. The minimum atomic E-state index is -4.67. The number of benzene rings is 1. The van der Waals surface area contributed by atoms with Crippen LogP contribution in [0.15, 0.2) is 48.8 Å². The Kier molecular flexibility index (Phi) is 3.89. The third-order valence-corrected chi connectivity index (χ3v) is 2.31. The van der Waals surface area contributed by atoms with Crippen LogP contribution >= 0.6 is 0 Å². The number of aromatic nitrogens is 1. The first-order valence-electron chi connectivity index (χ1n) is 5.51. The number of hydrogen-bond acceptors (Lipinski definition) is 3. The lowest BCUT2D eigenvalue weighted by molar-refractivity contribution is -0.274. The highest BCUT2D eigenvalue weighted by atomic mass is 19.4. The van der Waals surface area contributed by atoms with Gasteiger partial charge >= 0.3 is 6.36 Å². The number of ether oxygens (including phenoxy) is 1. The molecule has 2 rings (SSSR count). The second kappa shape index (κ2) is 5.60. The molecule has 6 heteroatoms. The van der Waals surface area contributed by atoms with Crippen molar-refractivity contribution in [2.75, 3.05) is 5.32 Å². The van der Waals surface area contributed by atoms with E-state index in [1.54, 1.807) is 30.6 Å². The van der Waals surface area contributed by atoms with Crippen molar-refractivity contribution in [1.29, 1.82) is 0 Å². The van der Waals surface area contributed by atoms with Gasteiger partial charge < -0.3 is 10.1 Å². The summed E-state index contributed by atoms with van der Waals surface area (Å²) < 4.78 is 40.1. The van der Waals surface area contributed by atoms with Crippen molar-refractivity contribution in [1.82, 2.24) is 4.98 Å². The van der Waals surface area contributed by atoms with Crippen molar-refractivity contribution in [2.24, 2.45) is 0 Å². The van der Waals surface area contributed by atoms with Crippen LogP contribution in [0.2, 0.25) is 0 Å². The van der Waals surface area contributed by atoms with E-state index in [-0.39, 0.29) is 5.75 Å².